The lowest BCUT2D eigenvalue weighted by atomic mass is 10.1. The molecule has 2 N–H and O–H groups in total. The number of rotatable bonds is 0. The van der Waals surface area contributed by atoms with Crippen molar-refractivity contribution in [2.75, 3.05) is 13.2 Å². The number of carbonyl (C=O) groups excluding carboxylic acids is 1. The number of nitrogens with zero attached hydrogens (tertiary/aromatic N) is 2. The maximum absolute atomic E-state index is 12.3. The smallest absolute Gasteiger partial charge is 0.276 e. The average molecular weight is 266 g/mol. The van der Waals surface area contributed by atoms with Gasteiger partial charge in [0.05, 0.1) is 19.3 Å². The van der Waals surface area contributed by atoms with Crippen LogP contribution < -0.4 is 5.43 Å². The van der Waals surface area contributed by atoms with Gasteiger partial charge in [-0.05, 0) is 5.92 Å². The quantitative estimate of drug-likeness (QED) is 0.673. The summed E-state index contributed by atoms with van der Waals surface area (Å²) < 4.78 is 6.94. The molecular weight excluding hydrogens is 252 g/mol. The summed E-state index contributed by atoms with van der Waals surface area (Å²) in [6, 6.07) is 0. The van der Waals surface area contributed by atoms with Gasteiger partial charge in [0.25, 0.3) is 11.3 Å². The minimum absolute atomic E-state index is 0.0863. The third kappa shape index (κ3) is 1.69. The van der Waals surface area contributed by atoms with Gasteiger partial charge in [0.2, 0.25) is 0 Å². The fraction of sp³-hybridized carbons (Fsp3) is 0.500. The number of hydrogen-bond acceptors (Lipinski definition) is 5. The average Bonchev–Trinajstić information content (AvgIpc) is 2.37. The second-order valence-corrected chi connectivity index (χ2v) is 5.04. The van der Waals surface area contributed by atoms with Crippen LogP contribution in [0.5, 0.6) is 11.5 Å². The second kappa shape index (κ2) is 3.99. The third-order valence-corrected chi connectivity index (χ3v) is 3.48. The molecular formula is C12H14N2O5. The van der Waals surface area contributed by atoms with Crippen LogP contribution in [0.25, 0.3) is 0 Å². The van der Waals surface area contributed by atoms with Crippen LogP contribution in [0.15, 0.2) is 11.0 Å². The number of pyridine rings is 1. The SMILES string of the molecule is C[C@@H]1COC2Cn3cc(O)c(=O)c(O)c3C(=O)N2C1. The van der Waals surface area contributed by atoms with Crippen molar-refractivity contribution < 1.29 is 19.7 Å². The largest absolute Gasteiger partial charge is 0.503 e. The van der Waals surface area contributed by atoms with Gasteiger partial charge in [-0.3, -0.25) is 9.59 Å². The van der Waals surface area contributed by atoms with E-state index >= 15 is 0 Å². The molecule has 3 rings (SSSR count). The number of fused-ring (bicyclic) bond motifs is 2. The molecule has 1 saturated heterocycles. The van der Waals surface area contributed by atoms with Crippen LogP contribution in [0.1, 0.15) is 17.4 Å². The second-order valence-electron chi connectivity index (χ2n) is 5.04. The molecule has 0 aliphatic carbocycles. The van der Waals surface area contributed by atoms with Gasteiger partial charge in [-0.25, -0.2) is 0 Å². The maximum Gasteiger partial charge on any atom is 0.276 e. The van der Waals surface area contributed by atoms with Crippen LogP contribution in [-0.2, 0) is 11.3 Å². The summed E-state index contributed by atoms with van der Waals surface area (Å²) in [4.78, 5) is 25.3. The van der Waals surface area contributed by atoms with Crippen LogP contribution in [0.2, 0.25) is 0 Å². The van der Waals surface area contributed by atoms with Crippen molar-refractivity contribution in [3.8, 4) is 11.5 Å². The molecule has 0 bridgehead atoms. The van der Waals surface area contributed by atoms with E-state index in [1.54, 1.807) is 0 Å². The predicted molar refractivity (Wildman–Crippen MR) is 64.0 cm³/mol. The van der Waals surface area contributed by atoms with E-state index in [-0.39, 0.29) is 18.2 Å². The van der Waals surface area contributed by atoms with E-state index in [9.17, 15) is 19.8 Å². The molecule has 3 heterocycles. The van der Waals surface area contributed by atoms with Gasteiger partial charge in [-0.1, -0.05) is 6.92 Å². The van der Waals surface area contributed by atoms with Crippen molar-refractivity contribution in [2.45, 2.75) is 19.7 Å². The molecule has 19 heavy (non-hydrogen) atoms. The van der Waals surface area contributed by atoms with E-state index in [0.717, 1.165) is 6.20 Å². The maximum atomic E-state index is 12.3. The molecule has 1 aromatic rings. The minimum Gasteiger partial charge on any atom is -0.503 e. The van der Waals surface area contributed by atoms with E-state index in [4.69, 9.17) is 4.74 Å². The highest BCUT2D eigenvalue weighted by atomic mass is 16.5. The zero-order chi connectivity index (χ0) is 13.7. The zero-order valence-corrected chi connectivity index (χ0v) is 10.4. The highest BCUT2D eigenvalue weighted by Crippen LogP contribution is 2.28. The molecule has 2 aliphatic heterocycles. The Labute approximate surface area is 108 Å². The lowest BCUT2D eigenvalue weighted by Crippen LogP contribution is -2.55. The first-order valence-electron chi connectivity index (χ1n) is 6.07. The lowest BCUT2D eigenvalue weighted by molar-refractivity contribution is -0.111. The molecule has 1 unspecified atom stereocenters. The summed E-state index contributed by atoms with van der Waals surface area (Å²) in [7, 11) is 0. The molecule has 1 amide bonds. The number of amides is 1. The Bertz CT molecular complexity index is 609. The van der Waals surface area contributed by atoms with E-state index in [0.29, 0.717) is 13.2 Å². The molecule has 0 radical (unpaired) electrons. The monoisotopic (exact) mass is 266 g/mol. The number of aromatic hydroxyl groups is 2. The van der Waals surface area contributed by atoms with Crippen molar-refractivity contribution in [1.29, 1.82) is 0 Å². The Balaban J connectivity index is 2.12. The molecule has 0 aromatic carbocycles. The molecule has 102 valence electrons. The van der Waals surface area contributed by atoms with Crippen LogP contribution in [0.3, 0.4) is 0 Å². The highest BCUT2D eigenvalue weighted by Gasteiger charge is 2.39. The minimum atomic E-state index is -0.927. The molecule has 7 heteroatoms. The summed E-state index contributed by atoms with van der Waals surface area (Å²) in [5, 5.41) is 19.2. The third-order valence-electron chi connectivity index (χ3n) is 3.48. The summed E-state index contributed by atoms with van der Waals surface area (Å²) in [5.41, 5.74) is -1.01. The lowest BCUT2D eigenvalue weighted by Gasteiger charge is -2.42. The summed E-state index contributed by atoms with van der Waals surface area (Å²) in [5.74, 6) is -1.52. The van der Waals surface area contributed by atoms with Crippen molar-refractivity contribution in [1.82, 2.24) is 9.47 Å². The number of aromatic nitrogens is 1. The van der Waals surface area contributed by atoms with E-state index in [2.05, 4.69) is 0 Å². The molecule has 1 fully saturated rings. The fourth-order valence-electron chi connectivity index (χ4n) is 2.54. The molecule has 0 saturated carbocycles. The first-order valence-corrected chi connectivity index (χ1v) is 6.07. The molecule has 2 aliphatic rings. The van der Waals surface area contributed by atoms with Gasteiger partial charge in [-0.2, -0.15) is 0 Å². The first-order chi connectivity index (χ1) is 8.99. The normalized spacial score (nSPS) is 25.9. The Morgan fingerprint density at radius 1 is 1.32 bits per heavy atom. The van der Waals surface area contributed by atoms with Crippen molar-refractivity contribution in [3.05, 3.63) is 22.1 Å². The van der Waals surface area contributed by atoms with Crippen LogP contribution in [0.4, 0.5) is 0 Å². The van der Waals surface area contributed by atoms with Crippen LogP contribution >= 0.6 is 0 Å². The topological polar surface area (TPSA) is 92.0 Å². The first kappa shape index (κ1) is 12.0. The Morgan fingerprint density at radius 3 is 2.79 bits per heavy atom. The van der Waals surface area contributed by atoms with E-state index in [1.165, 1.54) is 9.47 Å². The Morgan fingerprint density at radius 2 is 2.05 bits per heavy atom. The van der Waals surface area contributed by atoms with Gasteiger partial charge in [0.1, 0.15) is 0 Å². The van der Waals surface area contributed by atoms with E-state index < -0.39 is 29.1 Å². The van der Waals surface area contributed by atoms with Gasteiger partial charge < -0.3 is 24.4 Å². The molecule has 0 spiro atoms. The summed E-state index contributed by atoms with van der Waals surface area (Å²) in [6.45, 7) is 3.33. The van der Waals surface area contributed by atoms with Crippen molar-refractivity contribution in [3.63, 3.8) is 0 Å². The number of hydrogen-bond donors (Lipinski definition) is 2. The number of ether oxygens (including phenoxy) is 1. The van der Waals surface area contributed by atoms with Gasteiger partial charge in [-0.15, -0.1) is 0 Å². The van der Waals surface area contributed by atoms with Crippen molar-refractivity contribution >= 4 is 5.91 Å². The Kier molecular flexibility index (Phi) is 2.53. The zero-order valence-electron chi connectivity index (χ0n) is 10.4. The number of carbonyl (C=O) groups is 1. The molecule has 1 aromatic heterocycles. The van der Waals surface area contributed by atoms with Gasteiger partial charge >= 0.3 is 0 Å². The Hall–Kier alpha value is -2.02. The fourth-order valence-corrected chi connectivity index (χ4v) is 2.54. The standard InChI is InChI=1S/C12H14N2O5/c1-6-2-14-8(19-5-6)4-13-3-7(15)10(16)11(17)9(13)12(14)18/h3,6,8,15,17H,2,4-5H2,1H3/t6-,8?/m0/s1. The van der Waals surface area contributed by atoms with Crippen LogP contribution in [0, 0.1) is 5.92 Å². The van der Waals surface area contributed by atoms with Crippen molar-refractivity contribution in [2.24, 2.45) is 5.92 Å². The van der Waals surface area contributed by atoms with Gasteiger partial charge in [0, 0.05) is 6.54 Å². The van der Waals surface area contributed by atoms with Gasteiger partial charge in [0.15, 0.2) is 23.4 Å². The van der Waals surface area contributed by atoms with E-state index in [1.807, 2.05) is 6.92 Å². The van der Waals surface area contributed by atoms with Crippen LogP contribution in [-0.4, -0.2) is 45.0 Å². The summed E-state index contributed by atoms with van der Waals surface area (Å²) >= 11 is 0. The highest BCUT2D eigenvalue weighted by molar-refractivity contribution is 5.96. The summed E-state index contributed by atoms with van der Waals surface area (Å²) in [6.07, 6.45) is 0.742. The predicted octanol–water partition coefficient (Wildman–Crippen LogP) is -0.292. The molecule has 7 nitrogen and oxygen atoms in total. The molecule has 2 atom stereocenters.